The summed E-state index contributed by atoms with van der Waals surface area (Å²) in [5.74, 6) is 2.50. The Hall–Kier alpha value is -2.00. The monoisotopic (exact) mass is 271 g/mol. The molecule has 0 saturated heterocycles. The van der Waals surface area contributed by atoms with Gasteiger partial charge in [-0.3, -0.25) is 0 Å². The van der Waals surface area contributed by atoms with Crippen molar-refractivity contribution in [2.75, 3.05) is 6.61 Å². The molecule has 0 amide bonds. The highest BCUT2D eigenvalue weighted by Gasteiger charge is 2.06. The number of ether oxygens (including phenoxy) is 2. The molecule has 0 aliphatic heterocycles. The smallest absolute Gasteiger partial charge is 0.130 e. The van der Waals surface area contributed by atoms with Crippen molar-refractivity contribution in [2.45, 2.75) is 26.3 Å². The van der Waals surface area contributed by atoms with Crippen molar-refractivity contribution in [3.05, 3.63) is 54.1 Å². The van der Waals surface area contributed by atoms with Gasteiger partial charge in [0.05, 0.1) is 6.61 Å². The molecule has 2 aromatic rings. The molecule has 106 valence electrons. The Morgan fingerprint density at radius 3 is 2.30 bits per heavy atom. The molecule has 0 saturated carbocycles. The summed E-state index contributed by atoms with van der Waals surface area (Å²) in [4.78, 5) is 0. The third-order valence-electron chi connectivity index (χ3n) is 2.88. The van der Waals surface area contributed by atoms with Gasteiger partial charge in [-0.05, 0) is 56.2 Å². The lowest BCUT2D eigenvalue weighted by Crippen LogP contribution is -2.18. The van der Waals surface area contributed by atoms with Gasteiger partial charge in [0, 0.05) is 6.04 Å². The van der Waals surface area contributed by atoms with Crippen LogP contribution in [-0.4, -0.2) is 12.6 Å². The maximum absolute atomic E-state index is 5.93. The van der Waals surface area contributed by atoms with E-state index >= 15 is 0 Å². The topological polar surface area (TPSA) is 44.5 Å². The van der Waals surface area contributed by atoms with Gasteiger partial charge in [0.25, 0.3) is 0 Å². The first-order valence-electron chi connectivity index (χ1n) is 6.93. The second-order valence-electron chi connectivity index (χ2n) is 4.80. The zero-order valence-electron chi connectivity index (χ0n) is 12.0. The molecule has 1 unspecified atom stereocenters. The maximum atomic E-state index is 5.93. The van der Waals surface area contributed by atoms with Crippen molar-refractivity contribution in [1.29, 1.82) is 0 Å². The van der Waals surface area contributed by atoms with Gasteiger partial charge < -0.3 is 15.2 Å². The fourth-order valence-electron chi connectivity index (χ4n) is 2.02. The minimum atomic E-state index is 0.111. The van der Waals surface area contributed by atoms with Crippen molar-refractivity contribution in [3.8, 4) is 17.2 Å². The second kappa shape index (κ2) is 6.96. The van der Waals surface area contributed by atoms with Crippen molar-refractivity contribution in [1.82, 2.24) is 0 Å². The fourth-order valence-corrected chi connectivity index (χ4v) is 2.02. The van der Waals surface area contributed by atoms with Crippen LogP contribution in [0.25, 0.3) is 0 Å². The zero-order chi connectivity index (χ0) is 14.4. The lowest BCUT2D eigenvalue weighted by atomic mass is 10.1. The van der Waals surface area contributed by atoms with Crippen molar-refractivity contribution < 1.29 is 9.47 Å². The Labute approximate surface area is 120 Å². The van der Waals surface area contributed by atoms with Gasteiger partial charge in [-0.25, -0.2) is 0 Å². The van der Waals surface area contributed by atoms with E-state index in [4.69, 9.17) is 15.2 Å². The number of rotatable bonds is 6. The molecule has 2 aromatic carbocycles. The van der Waals surface area contributed by atoms with Crippen LogP contribution in [0.15, 0.2) is 48.5 Å². The normalized spacial score (nSPS) is 11.9. The summed E-state index contributed by atoms with van der Waals surface area (Å²) < 4.78 is 11.3. The molecule has 3 nitrogen and oxygen atoms in total. The van der Waals surface area contributed by atoms with E-state index in [1.807, 2.05) is 62.4 Å². The molecule has 0 bridgehead atoms. The van der Waals surface area contributed by atoms with Gasteiger partial charge in [0.2, 0.25) is 0 Å². The summed E-state index contributed by atoms with van der Waals surface area (Å²) in [7, 11) is 0. The summed E-state index contributed by atoms with van der Waals surface area (Å²) in [5.41, 5.74) is 6.99. The fraction of sp³-hybridized carbons (Fsp3) is 0.294. The summed E-state index contributed by atoms with van der Waals surface area (Å²) in [6.07, 6.45) is 0.799. The number of hydrogen-bond acceptors (Lipinski definition) is 3. The third kappa shape index (κ3) is 4.00. The number of hydrogen-bond donors (Lipinski definition) is 1. The Morgan fingerprint density at radius 2 is 1.65 bits per heavy atom. The molecule has 0 heterocycles. The molecule has 0 spiro atoms. The molecule has 2 N–H and O–H groups in total. The first kappa shape index (κ1) is 14.4. The lowest BCUT2D eigenvalue weighted by molar-refractivity contribution is 0.339. The average Bonchev–Trinajstić information content (AvgIpc) is 2.43. The lowest BCUT2D eigenvalue weighted by Gasteiger charge is -2.13. The largest absolute Gasteiger partial charge is 0.494 e. The van der Waals surface area contributed by atoms with Crippen molar-refractivity contribution in [2.24, 2.45) is 5.73 Å². The zero-order valence-corrected chi connectivity index (χ0v) is 12.0. The third-order valence-corrected chi connectivity index (χ3v) is 2.88. The Morgan fingerprint density at radius 1 is 1.00 bits per heavy atom. The van der Waals surface area contributed by atoms with Crippen LogP contribution in [-0.2, 0) is 6.42 Å². The van der Waals surface area contributed by atoms with Crippen LogP contribution in [0.5, 0.6) is 17.2 Å². The molecule has 2 rings (SSSR count). The van der Waals surface area contributed by atoms with Gasteiger partial charge >= 0.3 is 0 Å². The highest BCUT2D eigenvalue weighted by molar-refractivity contribution is 5.39. The first-order chi connectivity index (χ1) is 9.69. The van der Waals surface area contributed by atoms with E-state index in [2.05, 4.69) is 0 Å². The highest BCUT2D eigenvalue weighted by Crippen LogP contribution is 2.27. The molecular weight excluding hydrogens is 250 g/mol. The van der Waals surface area contributed by atoms with E-state index in [0.717, 1.165) is 29.2 Å². The van der Waals surface area contributed by atoms with Crippen LogP contribution in [0.4, 0.5) is 0 Å². The second-order valence-corrected chi connectivity index (χ2v) is 4.80. The van der Waals surface area contributed by atoms with E-state index in [1.54, 1.807) is 0 Å². The summed E-state index contributed by atoms with van der Waals surface area (Å²) >= 11 is 0. The molecule has 0 radical (unpaired) electrons. The molecule has 1 atom stereocenters. The van der Waals surface area contributed by atoms with Gasteiger partial charge in [-0.15, -0.1) is 0 Å². The standard InChI is InChI=1S/C17H21NO2/c1-3-19-15-8-10-16(11-9-15)20-17-7-5-4-6-14(17)12-13(2)18/h4-11,13H,3,12,18H2,1-2H3. The van der Waals surface area contributed by atoms with E-state index in [-0.39, 0.29) is 6.04 Å². The molecule has 0 aliphatic carbocycles. The van der Waals surface area contributed by atoms with Crippen molar-refractivity contribution in [3.63, 3.8) is 0 Å². The minimum absolute atomic E-state index is 0.111. The predicted molar refractivity (Wildman–Crippen MR) is 81.5 cm³/mol. The summed E-state index contributed by atoms with van der Waals surface area (Å²) in [6, 6.07) is 15.7. The number of nitrogens with two attached hydrogens (primary N) is 1. The van der Waals surface area contributed by atoms with Gasteiger partial charge in [-0.1, -0.05) is 18.2 Å². The molecule has 3 heteroatoms. The molecular formula is C17H21NO2. The van der Waals surface area contributed by atoms with Gasteiger partial charge in [-0.2, -0.15) is 0 Å². The molecule has 20 heavy (non-hydrogen) atoms. The summed E-state index contributed by atoms with van der Waals surface area (Å²) in [6.45, 7) is 4.62. The quantitative estimate of drug-likeness (QED) is 0.869. The maximum Gasteiger partial charge on any atom is 0.130 e. The molecule has 0 aromatic heterocycles. The minimum Gasteiger partial charge on any atom is -0.494 e. The average molecular weight is 271 g/mol. The van der Waals surface area contributed by atoms with Crippen LogP contribution in [0.1, 0.15) is 19.4 Å². The Kier molecular flexibility index (Phi) is 5.02. The van der Waals surface area contributed by atoms with E-state index in [0.29, 0.717) is 6.61 Å². The van der Waals surface area contributed by atoms with E-state index in [9.17, 15) is 0 Å². The van der Waals surface area contributed by atoms with Crippen LogP contribution in [0, 0.1) is 0 Å². The highest BCUT2D eigenvalue weighted by atomic mass is 16.5. The number of para-hydroxylation sites is 1. The van der Waals surface area contributed by atoms with E-state index in [1.165, 1.54) is 0 Å². The van der Waals surface area contributed by atoms with Crippen LogP contribution in [0.3, 0.4) is 0 Å². The SMILES string of the molecule is CCOc1ccc(Oc2ccccc2CC(C)N)cc1. The van der Waals surface area contributed by atoms with Crippen LogP contribution >= 0.6 is 0 Å². The summed E-state index contributed by atoms with van der Waals surface area (Å²) in [5, 5.41) is 0. The Bertz CT molecular complexity index is 535. The van der Waals surface area contributed by atoms with E-state index < -0.39 is 0 Å². The van der Waals surface area contributed by atoms with Gasteiger partial charge in [0.15, 0.2) is 0 Å². The molecule has 0 fully saturated rings. The first-order valence-corrected chi connectivity index (χ1v) is 6.93. The van der Waals surface area contributed by atoms with Crippen LogP contribution < -0.4 is 15.2 Å². The number of benzene rings is 2. The van der Waals surface area contributed by atoms with Crippen molar-refractivity contribution >= 4 is 0 Å². The predicted octanol–water partition coefficient (Wildman–Crippen LogP) is 3.77. The van der Waals surface area contributed by atoms with Gasteiger partial charge in [0.1, 0.15) is 17.2 Å². The molecule has 0 aliphatic rings. The van der Waals surface area contributed by atoms with Crippen LogP contribution in [0.2, 0.25) is 0 Å². The Balaban J connectivity index is 2.13.